The quantitative estimate of drug-likeness (QED) is 0.264. The van der Waals surface area contributed by atoms with Crippen LogP contribution in [0.2, 0.25) is 0 Å². The number of aromatic nitrogens is 1. The zero-order valence-electron chi connectivity index (χ0n) is 24.8. The molecule has 0 fully saturated rings. The van der Waals surface area contributed by atoms with Gasteiger partial charge in [-0.25, -0.2) is 14.6 Å². The van der Waals surface area contributed by atoms with Crippen molar-refractivity contribution in [3.05, 3.63) is 108 Å². The number of nitrogens with zero attached hydrogens (tertiary/aromatic N) is 2. The van der Waals surface area contributed by atoms with Crippen LogP contribution in [0.5, 0.6) is 5.75 Å². The molecular weight excluding hydrogens is 568 g/mol. The molecule has 43 heavy (non-hydrogen) atoms. The molecule has 3 heterocycles. The summed E-state index contributed by atoms with van der Waals surface area (Å²) in [6.07, 6.45) is 1.33. The first-order valence-electron chi connectivity index (χ1n) is 13.9. The van der Waals surface area contributed by atoms with Crippen LogP contribution in [-0.2, 0) is 14.3 Å². The molecule has 0 unspecified atom stereocenters. The molecule has 0 saturated heterocycles. The summed E-state index contributed by atoms with van der Waals surface area (Å²) < 4.78 is 24.0. The Labute approximate surface area is 252 Å². The summed E-state index contributed by atoms with van der Waals surface area (Å²) in [5.41, 5.74) is 3.33. The number of allylic oxidation sites excluding steroid dienone is 1. The average Bonchev–Trinajstić information content (AvgIpc) is 3.55. The number of ether oxygens (including phenoxy) is 3. The summed E-state index contributed by atoms with van der Waals surface area (Å²) >= 11 is 1.22. The second-order valence-electron chi connectivity index (χ2n) is 10.3. The molecule has 0 radical (unpaired) electrons. The van der Waals surface area contributed by atoms with E-state index in [0.29, 0.717) is 50.0 Å². The number of hydrogen-bond donors (Lipinski definition) is 0. The molecule has 9 nitrogen and oxygen atoms in total. The zero-order chi connectivity index (χ0) is 30.8. The largest absolute Gasteiger partial charge is 0.494 e. The first-order chi connectivity index (χ1) is 20.6. The van der Waals surface area contributed by atoms with Gasteiger partial charge in [0.15, 0.2) is 4.80 Å². The van der Waals surface area contributed by atoms with E-state index in [2.05, 4.69) is 4.99 Å². The molecule has 0 aliphatic carbocycles. The number of carbonyl (C=O) groups is 2. The number of carbonyl (C=O) groups excluding carboxylic acids is 2. The van der Waals surface area contributed by atoms with Crippen LogP contribution in [0, 0.1) is 6.92 Å². The normalized spacial score (nSPS) is 14.9. The lowest BCUT2D eigenvalue weighted by atomic mass is 9.96. The van der Waals surface area contributed by atoms with Crippen molar-refractivity contribution in [2.24, 2.45) is 4.99 Å². The standard InChI is InChI=1S/C33H32N2O7S/c1-7-40-23-11-8-21(9-12-23)29-28(32(38)41-18(2)3)20(5)34-33-35(29)30(36)27(43-33)17-24-13-15-26(42-24)25-14-10-22(16-19(25)4)31(37)39-6/h8-18,29H,7H2,1-6H3/b27-17-/t29-/m0/s1. The molecule has 222 valence electrons. The van der Waals surface area contributed by atoms with Crippen molar-refractivity contribution in [3.8, 4) is 17.1 Å². The van der Waals surface area contributed by atoms with E-state index in [4.69, 9.17) is 18.6 Å². The minimum atomic E-state index is -0.733. The highest BCUT2D eigenvalue weighted by atomic mass is 32.1. The Balaban J connectivity index is 1.58. The van der Waals surface area contributed by atoms with Gasteiger partial charge in [-0.2, -0.15) is 0 Å². The lowest BCUT2D eigenvalue weighted by Gasteiger charge is -2.25. The van der Waals surface area contributed by atoms with E-state index in [1.54, 1.807) is 51.1 Å². The summed E-state index contributed by atoms with van der Waals surface area (Å²) in [6, 6.07) is 15.4. The third kappa shape index (κ3) is 5.96. The third-order valence-electron chi connectivity index (χ3n) is 6.90. The molecule has 0 saturated carbocycles. The van der Waals surface area contributed by atoms with E-state index >= 15 is 0 Å². The SMILES string of the molecule is CCOc1ccc([C@H]2C(C(=O)OC(C)C)=C(C)N=c3s/c(=C\c4ccc(-c5ccc(C(=O)OC)cc5C)o4)c(=O)n32)cc1. The highest BCUT2D eigenvalue weighted by Gasteiger charge is 2.34. The molecule has 0 spiro atoms. The Morgan fingerprint density at radius 2 is 1.81 bits per heavy atom. The van der Waals surface area contributed by atoms with Crippen LogP contribution in [0.25, 0.3) is 17.4 Å². The maximum atomic E-state index is 13.9. The van der Waals surface area contributed by atoms with Crippen LogP contribution < -0.4 is 19.6 Å². The zero-order valence-corrected chi connectivity index (χ0v) is 25.6. The molecule has 2 aromatic heterocycles. The molecule has 2 aromatic carbocycles. The molecule has 0 bridgehead atoms. The number of esters is 2. The second-order valence-corrected chi connectivity index (χ2v) is 11.3. The summed E-state index contributed by atoms with van der Waals surface area (Å²) in [5, 5.41) is 0. The molecule has 1 atom stereocenters. The predicted molar refractivity (Wildman–Crippen MR) is 163 cm³/mol. The Morgan fingerprint density at radius 1 is 1.07 bits per heavy atom. The van der Waals surface area contributed by atoms with Gasteiger partial charge in [0.05, 0.1) is 47.2 Å². The van der Waals surface area contributed by atoms with Crippen LogP contribution in [-0.4, -0.2) is 36.3 Å². The number of benzene rings is 2. The van der Waals surface area contributed by atoms with Gasteiger partial charge in [-0.05, 0) is 82.1 Å². The number of rotatable bonds is 8. The van der Waals surface area contributed by atoms with E-state index < -0.39 is 18.0 Å². The van der Waals surface area contributed by atoms with Crippen molar-refractivity contribution in [1.29, 1.82) is 0 Å². The van der Waals surface area contributed by atoms with Crippen LogP contribution in [0.3, 0.4) is 0 Å². The number of furan rings is 1. The number of hydrogen-bond acceptors (Lipinski definition) is 9. The molecule has 0 N–H and O–H groups in total. The third-order valence-corrected chi connectivity index (χ3v) is 7.89. The lowest BCUT2D eigenvalue weighted by Crippen LogP contribution is -2.40. The fraction of sp³-hybridized carbons (Fsp3) is 0.273. The van der Waals surface area contributed by atoms with Gasteiger partial charge in [0.1, 0.15) is 17.3 Å². The molecule has 1 aliphatic heterocycles. The van der Waals surface area contributed by atoms with Gasteiger partial charge in [-0.3, -0.25) is 9.36 Å². The van der Waals surface area contributed by atoms with E-state index in [1.807, 2.05) is 44.2 Å². The fourth-order valence-corrected chi connectivity index (χ4v) is 6.00. The summed E-state index contributed by atoms with van der Waals surface area (Å²) in [5.74, 6) is 0.826. The maximum absolute atomic E-state index is 13.9. The topological polar surface area (TPSA) is 109 Å². The van der Waals surface area contributed by atoms with Gasteiger partial charge in [0.2, 0.25) is 0 Å². The van der Waals surface area contributed by atoms with Crippen LogP contribution in [0.4, 0.5) is 0 Å². The minimum absolute atomic E-state index is 0.304. The van der Waals surface area contributed by atoms with Gasteiger partial charge in [-0.15, -0.1) is 0 Å². The molecule has 1 aliphatic rings. The van der Waals surface area contributed by atoms with Crippen molar-refractivity contribution in [3.63, 3.8) is 0 Å². The second kappa shape index (κ2) is 12.3. The van der Waals surface area contributed by atoms with E-state index in [0.717, 1.165) is 16.7 Å². The van der Waals surface area contributed by atoms with Crippen LogP contribution in [0.1, 0.15) is 61.0 Å². The van der Waals surface area contributed by atoms with Gasteiger partial charge in [-0.1, -0.05) is 29.5 Å². The maximum Gasteiger partial charge on any atom is 0.338 e. The molecule has 5 rings (SSSR count). The lowest BCUT2D eigenvalue weighted by molar-refractivity contribution is -0.143. The van der Waals surface area contributed by atoms with Gasteiger partial charge < -0.3 is 18.6 Å². The number of methoxy groups -OCH3 is 1. The van der Waals surface area contributed by atoms with Crippen LogP contribution >= 0.6 is 11.3 Å². The minimum Gasteiger partial charge on any atom is -0.494 e. The van der Waals surface area contributed by atoms with Crippen molar-refractivity contribution < 1.29 is 28.2 Å². The highest BCUT2D eigenvalue weighted by molar-refractivity contribution is 7.07. The van der Waals surface area contributed by atoms with Gasteiger partial charge >= 0.3 is 11.9 Å². The summed E-state index contributed by atoms with van der Waals surface area (Å²) in [7, 11) is 1.34. The van der Waals surface area contributed by atoms with Gasteiger partial charge in [0, 0.05) is 11.6 Å². The first kappa shape index (κ1) is 29.8. The van der Waals surface area contributed by atoms with E-state index in [1.165, 1.54) is 23.0 Å². The van der Waals surface area contributed by atoms with E-state index in [-0.39, 0.29) is 11.7 Å². The van der Waals surface area contributed by atoms with Crippen molar-refractivity contribution in [2.75, 3.05) is 13.7 Å². The first-order valence-corrected chi connectivity index (χ1v) is 14.7. The Morgan fingerprint density at radius 3 is 2.47 bits per heavy atom. The molecule has 10 heteroatoms. The monoisotopic (exact) mass is 600 g/mol. The van der Waals surface area contributed by atoms with Crippen LogP contribution in [0.15, 0.2) is 80.1 Å². The van der Waals surface area contributed by atoms with Crippen molar-refractivity contribution in [2.45, 2.75) is 46.8 Å². The number of fused-ring (bicyclic) bond motifs is 1. The average molecular weight is 601 g/mol. The molecular formula is C33H32N2O7S. The highest BCUT2D eigenvalue weighted by Crippen LogP contribution is 2.32. The molecule has 0 amide bonds. The smallest absolute Gasteiger partial charge is 0.338 e. The van der Waals surface area contributed by atoms with Crippen molar-refractivity contribution in [1.82, 2.24) is 4.57 Å². The summed E-state index contributed by atoms with van der Waals surface area (Å²) in [4.78, 5) is 44.2. The Kier molecular flexibility index (Phi) is 8.50. The Hall–Kier alpha value is -4.70. The van der Waals surface area contributed by atoms with Crippen molar-refractivity contribution >= 4 is 29.4 Å². The number of thiazole rings is 1. The van der Waals surface area contributed by atoms with Gasteiger partial charge in [0.25, 0.3) is 5.56 Å². The fourth-order valence-electron chi connectivity index (χ4n) is 4.98. The predicted octanol–water partition coefficient (Wildman–Crippen LogP) is 4.94. The van der Waals surface area contributed by atoms with E-state index in [9.17, 15) is 14.4 Å². The number of aryl methyl sites for hydroxylation is 1. The molecule has 4 aromatic rings. The Bertz CT molecular complexity index is 1910. The summed E-state index contributed by atoms with van der Waals surface area (Å²) in [6.45, 7) is 9.62.